The molecule has 0 aliphatic carbocycles. The summed E-state index contributed by atoms with van der Waals surface area (Å²) in [6.07, 6.45) is -0.105. The molecule has 0 saturated carbocycles. The van der Waals surface area contributed by atoms with Crippen LogP contribution in [0.25, 0.3) is 0 Å². The highest BCUT2D eigenvalue weighted by Crippen LogP contribution is 2.18. The molecule has 0 amide bonds. The van der Waals surface area contributed by atoms with Crippen molar-refractivity contribution < 1.29 is 29.7 Å². The summed E-state index contributed by atoms with van der Waals surface area (Å²) in [7, 11) is 0. The first-order valence-corrected chi connectivity index (χ1v) is 7.16. The smallest absolute Gasteiger partial charge is 0.336 e. The van der Waals surface area contributed by atoms with Crippen LogP contribution in [0.1, 0.15) is 21.5 Å². The van der Waals surface area contributed by atoms with Gasteiger partial charge in [-0.25, -0.2) is 4.79 Å². The van der Waals surface area contributed by atoms with Crippen LogP contribution >= 0.6 is 0 Å². The van der Waals surface area contributed by atoms with Crippen molar-refractivity contribution >= 4 is 11.9 Å². The number of aromatic hydroxyl groups is 1. The van der Waals surface area contributed by atoms with Gasteiger partial charge < -0.3 is 15.3 Å². The lowest BCUT2D eigenvalue weighted by Crippen LogP contribution is -2.38. The molecule has 0 radical (unpaired) electrons. The fourth-order valence-corrected chi connectivity index (χ4v) is 2.14. The molecule has 0 bridgehead atoms. The molecule has 0 aliphatic rings. The van der Waals surface area contributed by atoms with Crippen LogP contribution in [0, 0.1) is 0 Å². The number of phenolic OH excluding ortho intramolecular Hbond substituents is 1. The van der Waals surface area contributed by atoms with Crippen LogP contribution in [0.2, 0.25) is 0 Å². The largest absolute Gasteiger partial charge is 0.508 e. The Kier molecular flexibility index (Phi) is 5.89. The van der Waals surface area contributed by atoms with Crippen LogP contribution in [-0.4, -0.2) is 33.3 Å². The Labute approximate surface area is 138 Å². The molecule has 0 aromatic heterocycles. The molecule has 1 atom stereocenters. The fourth-order valence-electron chi connectivity index (χ4n) is 2.14. The highest BCUT2D eigenvalue weighted by atomic mass is 16.6. The van der Waals surface area contributed by atoms with Crippen LogP contribution in [0.4, 0.5) is 0 Å². The minimum atomic E-state index is -1.24. The summed E-state index contributed by atoms with van der Waals surface area (Å²) < 4.78 is 0. The highest BCUT2D eigenvalue weighted by molar-refractivity contribution is 5.90. The summed E-state index contributed by atoms with van der Waals surface area (Å²) in [6.45, 7) is 0.173. The van der Waals surface area contributed by atoms with Crippen molar-refractivity contribution in [3.63, 3.8) is 0 Å². The second-order valence-electron chi connectivity index (χ2n) is 5.13. The van der Waals surface area contributed by atoms with Crippen molar-refractivity contribution in [2.75, 3.05) is 0 Å². The van der Waals surface area contributed by atoms with Crippen molar-refractivity contribution in [2.24, 2.45) is 0 Å². The van der Waals surface area contributed by atoms with Crippen molar-refractivity contribution in [3.05, 3.63) is 65.2 Å². The third kappa shape index (κ3) is 4.80. The van der Waals surface area contributed by atoms with E-state index in [0.717, 1.165) is 11.6 Å². The van der Waals surface area contributed by atoms with Gasteiger partial charge in [-0.2, -0.15) is 5.48 Å². The fraction of sp³-hybridized carbons (Fsp3) is 0.176. The molecule has 2 aromatic carbocycles. The van der Waals surface area contributed by atoms with Crippen LogP contribution in [0.3, 0.4) is 0 Å². The number of phenols is 1. The monoisotopic (exact) mass is 331 g/mol. The topological polar surface area (TPSA) is 116 Å². The molecular formula is C17H17NO6. The van der Waals surface area contributed by atoms with Crippen LogP contribution < -0.4 is 5.48 Å². The normalized spacial score (nSPS) is 11.8. The second-order valence-corrected chi connectivity index (χ2v) is 5.13. The molecule has 2 aromatic rings. The lowest BCUT2D eigenvalue weighted by molar-refractivity contribution is -0.144. The number of carbonyl (C=O) groups is 2. The molecular weight excluding hydrogens is 314 g/mol. The molecule has 0 spiro atoms. The van der Waals surface area contributed by atoms with Gasteiger partial charge in [0.25, 0.3) is 0 Å². The SMILES string of the molecule is O=C(O)c1cc(O)ccc1C[C@H](NOCc1ccccc1)C(=O)O. The minimum absolute atomic E-state index is 0.105. The zero-order valence-electron chi connectivity index (χ0n) is 12.7. The van der Waals surface area contributed by atoms with Gasteiger partial charge in [0.05, 0.1) is 12.2 Å². The predicted octanol–water partition coefficient (Wildman–Crippen LogP) is 1.81. The summed E-state index contributed by atoms with van der Waals surface area (Å²) in [6, 6.07) is 11.8. The van der Waals surface area contributed by atoms with Gasteiger partial charge in [0.2, 0.25) is 0 Å². The van der Waals surface area contributed by atoms with Gasteiger partial charge in [0.15, 0.2) is 0 Å². The number of aromatic carboxylic acids is 1. The number of hydroxylamine groups is 1. The second kappa shape index (κ2) is 8.09. The Hall–Kier alpha value is -2.90. The van der Waals surface area contributed by atoms with Crippen molar-refractivity contribution in [1.29, 1.82) is 0 Å². The average molecular weight is 331 g/mol. The Morgan fingerprint density at radius 3 is 2.42 bits per heavy atom. The van der Waals surface area contributed by atoms with E-state index < -0.39 is 18.0 Å². The number of rotatable bonds is 8. The van der Waals surface area contributed by atoms with Crippen molar-refractivity contribution in [2.45, 2.75) is 19.1 Å². The molecule has 24 heavy (non-hydrogen) atoms. The first-order valence-electron chi connectivity index (χ1n) is 7.16. The van der Waals surface area contributed by atoms with E-state index in [1.165, 1.54) is 12.1 Å². The van der Waals surface area contributed by atoms with E-state index in [1.807, 2.05) is 30.3 Å². The number of hydrogen-bond acceptors (Lipinski definition) is 5. The third-order valence-electron chi connectivity index (χ3n) is 3.35. The number of carboxylic acids is 2. The average Bonchev–Trinajstić information content (AvgIpc) is 2.56. The van der Waals surface area contributed by atoms with Crippen molar-refractivity contribution in [1.82, 2.24) is 5.48 Å². The predicted molar refractivity (Wildman–Crippen MR) is 84.6 cm³/mol. The van der Waals surface area contributed by atoms with Gasteiger partial charge in [0, 0.05) is 6.42 Å². The lowest BCUT2D eigenvalue weighted by Gasteiger charge is -2.16. The first-order chi connectivity index (χ1) is 11.5. The number of nitrogens with one attached hydrogen (secondary N) is 1. The van der Waals surface area contributed by atoms with Gasteiger partial charge >= 0.3 is 11.9 Å². The molecule has 0 unspecified atom stereocenters. The Balaban J connectivity index is 2.04. The summed E-state index contributed by atoms with van der Waals surface area (Å²) in [5, 5.41) is 27.8. The van der Waals surface area contributed by atoms with E-state index in [-0.39, 0.29) is 29.9 Å². The van der Waals surface area contributed by atoms with E-state index in [0.29, 0.717) is 0 Å². The summed E-state index contributed by atoms with van der Waals surface area (Å²) in [5.74, 6) is -2.61. The summed E-state index contributed by atoms with van der Waals surface area (Å²) in [4.78, 5) is 27.8. The summed E-state index contributed by atoms with van der Waals surface area (Å²) in [5.41, 5.74) is 3.44. The molecule has 126 valence electrons. The van der Waals surface area contributed by atoms with E-state index in [2.05, 4.69) is 5.48 Å². The van der Waals surface area contributed by atoms with Crippen LogP contribution in [-0.2, 0) is 22.7 Å². The third-order valence-corrected chi connectivity index (χ3v) is 3.35. The molecule has 7 heteroatoms. The Morgan fingerprint density at radius 2 is 1.79 bits per heavy atom. The highest BCUT2D eigenvalue weighted by Gasteiger charge is 2.21. The van der Waals surface area contributed by atoms with Crippen LogP contribution in [0.5, 0.6) is 5.75 Å². The van der Waals surface area contributed by atoms with Crippen molar-refractivity contribution in [3.8, 4) is 5.75 Å². The molecule has 0 aliphatic heterocycles. The maximum Gasteiger partial charge on any atom is 0.336 e. The quantitative estimate of drug-likeness (QED) is 0.545. The molecule has 2 rings (SSSR count). The van der Waals surface area contributed by atoms with Gasteiger partial charge in [-0.3, -0.25) is 9.63 Å². The standard InChI is InChI=1S/C17H17NO6/c19-13-7-6-12(14(9-13)16(20)21)8-15(17(22)23)18-24-10-11-4-2-1-3-5-11/h1-7,9,15,18-19H,8,10H2,(H,20,21)(H,22,23)/t15-/m0/s1. The van der Waals surface area contributed by atoms with E-state index in [9.17, 15) is 19.8 Å². The number of carboxylic acid groups (broad SMARTS) is 2. The van der Waals surface area contributed by atoms with Gasteiger partial charge in [-0.1, -0.05) is 36.4 Å². The molecule has 4 N–H and O–H groups in total. The maximum absolute atomic E-state index is 11.4. The Morgan fingerprint density at radius 1 is 1.08 bits per heavy atom. The molecule has 7 nitrogen and oxygen atoms in total. The number of benzene rings is 2. The zero-order valence-corrected chi connectivity index (χ0v) is 12.7. The van der Waals surface area contributed by atoms with Crippen LogP contribution in [0.15, 0.2) is 48.5 Å². The molecule has 0 fully saturated rings. The maximum atomic E-state index is 11.4. The van der Waals surface area contributed by atoms with Gasteiger partial charge in [-0.15, -0.1) is 0 Å². The lowest BCUT2D eigenvalue weighted by atomic mass is 10.00. The first kappa shape index (κ1) is 17.5. The number of hydrogen-bond donors (Lipinski definition) is 4. The Bertz CT molecular complexity index is 716. The van der Waals surface area contributed by atoms with E-state index in [1.54, 1.807) is 0 Å². The van der Waals surface area contributed by atoms with E-state index >= 15 is 0 Å². The summed E-state index contributed by atoms with van der Waals surface area (Å²) >= 11 is 0. The van der Waals surface area contributed by atoms with Gasteiger partial charge in [-0.05, 0) is 23.3 Å². The zero-order chi connectivity index (χ0) is 17.5. The van der Waals surface area contributed by atoms with Gasteiger partial charge in [0.1, 0.15) is 11.8 Å². The number of aliphatic carboxylic acids is 1. The molecule has 0 heterocycles. The van der Waals surface area contributed by atoms with E-state index in [4.69, 9.17) is 9.94 Å². The molecule has 0 saturated heterocycles. The minimum Gasteiger partial charge on any atom is -0.508 e.